The summed E-state index contributed by atoms with van der Waals surface area (Å²) in [5.74, 6) is 2.47. The molecule has 5 nitrogen and oxygen atoms in total. The summed E-state index contributed by atoms with van der Waals surface area (Å²) in [5, 5.41) is 6.92. The number of rotatable bonds is 6. The smallest absolute Gasteiger partial charge is 0.191 e. The Morgan fingerprint density at radius 2 is 2.04 bits per heavy atom. The number of hydrogen-bond donors (Lipinski definition) is 2. The monoisotopic (exact) mass is 360 g/mol. The zero-order valence-electron chi connectivity index (χ0n) is 17.1. The zero-order chi connectivity index (χ0) is 19.0. The highest BCUT2D eigenvalue weighted by Crippen LogP contribution is 2.22. The number of ether oxygens (including phenoxy) is 1. The highest BCUT2D eigenvalue weighted by Gasteiger charge is 2.19. The quantitative estimate of drug-likeness (QED) is 0.604. The van der Waals surface area contributed by atoms with E-state index in [1.165, 1.54) is 25.9 Å². The SMILES string of the molecule is CCN1CCCC(CNC(=NC)NCc2ccccc2OC(C)(C)C)C1. The number of aliphatic imine (C=N–C) groups is 1. The average molecular weight is 361 g/mol. The molecule has 1 unspecified atom stereocenters. The number of nitrogens with zero attached hydrogens (tertiary/aromatic N) is 2. The van der Waals surface area contributed by atoms with E-state index in [9.17, 15) is 0 Å². The maximum absolute atomic E-state index is 6.07. The molecule has 0 amide bonds. The van der Waals surface area contributed by atoms with E-state index in [0.717, 1.165) is 30.4 Å². The van der Waals surface area contributed by atoms with Crippen LogP contribution in [0.2, 0.25) is 0 Å². The van der Waals surface area contributed by atoms with Crippen molar-refractivity contribution in [1.29, 1.82) is 0 Å². The van der Waals surface area contributed by atoms with E-state index in [1.54, 1.807) is 0 Å². The van der Waals surface area contributed by atoms with Gasteiger partial charge >= 0.3 is 0 Å². The summed E-state index contributed by atoms with van der Waals surface area (Å²) in [6, 6.07) is 8.19. The molecule has 1 fully saturated rings. The van der Waals surface area contributed by atoms with Gasteiger partial charge in [-0.3, -0.25) is 4.99 Å². The molecule has 0 aromatic heterocycles. The van der Waals surface area contributed by atoms with E-state index in [4.69, 9.17) is 4.74 Å². The third kappa shape index (κ3) is 6.87. The number of para-hydroxylation sites is 1. The van der Waals surface area contributed by atoms with Gasteiger partial charge in [0.2, 0.25) is 0 Å². The van der Waals surface area contributed by atoms with Gasteiger partial charge in [-0.15, -0.1) is 0 Å². The molecule has 1 aliphatic heterocycles. The molecule has 0 bridgehead atoms. The van der Waals surface area contributed by atoms with Crippen LogP contribution in [0, 0.1) is 5.92 Å². The second-order valence-electron chi connectivity index (χ2n) is 8.03. The first-order valence-corrected chi connectivity index (χ1v) is 9.85. The van der Waals surface area contributed by atoms with E-state index < -0.39 is 0 Å². The molecule has 2 rings (SSSR count). The fourth-order valence-electron chi connectivity index (χ4n) is 3.33. The summed E-state index contributed by atoms with van der Waals surface area (Å²) in [4.78, 5) is 6.90. The minimum atomic E-state index is -0.206. The molecule has 0 saturated carbocycles. The summed E-state index contributed by atoms with van der Waals surface area (Å²) < 4.78 is 6.07. The van der Waals surface area contributed by atoms with E-state index in [1.807, 2.05) is 25.2 Å². The Hall–Kier alpha value is -1.75. The van der Waals surface area contributed by atoms with E-state index in [0.29, 0.717) is 12.5 Å². The molecule has 2 N–H and O–H groups in total. The normalized spacial score (nSPS) is 19.3. The summed E-state index contributed by atoms with van der Waals surface area (Å²) in [5.41, 5.74) is 0.933. The molecule has 1 atom stereocenters. The average Bonchev–Trinajstić information content (AvgIpc) is 2.62. The lowest BCUT2D eigenvalue weighted by Crippen LogP contribution is -2.44. The van der Waals surface area contributed by atoms with E-state index >= 15 is 0 Å². The summed E-state index contributed by atoms with van der Waals surface area (Å²) in [6.07, 6.45) is 2.59. The van der Waals surface area contributed by atoms with Crippen LogP contribution in [-0.2, 0) is 6.54 Å². The number of likely N-dealkylation sites (tertiary alicyclic amines) is 1. The molecule has 1 heterocycles. The van der Waals surface area contributed by atoms with Crippen LogP contribution in [0.1, 0.15) is 46.1 Å². The molecule has 0 radical (unpaired) electrons. The van der Waals surface area contributed by atoms with Crippen LogP contribution >= 0.6 is 0 Å². The molecule has 1 aliphatic rings. The molecular formula is C21H36N4O. The van der Waals surface area contributed by atoms with Crippen molar-refractivity contribution in [2.45, 2.75) is 52.7 Å². The standard InChI is InChI=1S/C21H36N4O/c1-6-25-13-9-10-17(16-25)14-23-20(22-5)24-15-18-11-7-8-12-19(18)26-21(2,3)4/h7-8,11-12,17H,6,9-10,13-16H2,1-5H3,(H2,22,23,24). The first kappa shape index (κ1) is 20.6. The summed E-state index contributed by atoms with van der Waals surface area (Å²) >= 11 is 0. The molecule has 1 aromatic carbocycles. The van der Waals surface area contributed by atoms with Crippen LogP contribution in [0.4, 0.5) is 0 Å². The number of guanidine groups is 1. The van der Waals surface area contributed by atoms with Crippen LogP contribution in [-0.4, -0.2) is 49.7 Å². The van der Waals surface area contributed by atoms with Gasteiger partial charge in [-0.2, -0.15) is 0 Å². The molecule has 0 spiro atoms. The predicted molar refractivity (Wildman–Crippen MR) is 110 cm³/mol. The minimum absolute atomic E-state index is 0.206. The topological polar surface area (TPSA) is 48.9 Å². The largest absolute Gasteiger partial charge is 0.488 e. The van der Waals surface area contributed by atoms with Crippen molar-refractivity contribution >= 4 is 5.96 Å². The number of nitrogens with one attached hydrogen (secondary N) is 2. The third-order valence-electron chi connectivity index (χ3n) is 4.67. The van der Waals surface area contributed by atoms with Gasteiger partial charge in [0.15, 0.2) is 5.96 Å². The summed E-state index contributed by atoms with van der Waals surface area (Å²) in [6.45, 7) is 13.7. The molecule has 1 aromatic rings. The Kier molecular flexibility index (Phi) is 7.76. The van der Waals surface area contributed by atoms with E-state index in [-0.39, 0.29) is 5.60 Å². The van der Waals surface area contributed by atoms with Gasteiger partial charge in [-0.25, -0.2) is 0 Å². The number of piperidine rings is 1. The highest BCUT2D eigenvalue weighted by atomic mass is 16.5. The van der Waals surface area contributed by atoms with E-state index in [2.05, 4.69) is 54.3 Å². The Bertz CT molecular complexity index is 580. The molecule has 1 saturated heterocycles. The Labute approximate surface area is 159 Å². The minimum Gasteiger partial charge on any atom is -0.488 e. The van der Waals surface area contributed by atoms with Crippen LogP contribution in [0.3, 0.4) is 0 Å². The van der Waals surface area contributed by atoms with Gasteiger partial charge in [0.25, 0.3) is 0 Å². The lowest BCUT2D eigenvalue weighted by atomic mass is 9.98. The molecule has 26 heavy (non-hydrogen) atoms. The van der Waals surface area contributed by atoms with Crippen LogP contribution in [0.25, 0.3) is 0 Å². The van der Waals surface area contributed by atoms with Gasteiger partial charge in [0.1, 0.15) is 11.4 Å². The third-order valence-corrected chi connectivity index (χ3v) is 4.67. The van der Waals surface area contributed by atoms with Gasteiger partial charge in [0, 0.05) is 32.2 Å². The van der Waals surface area contributed by atoms with Gasteiger partial charge < -0.3 is 20.3 Å². The van der Waals surface area contributed by atoms with Crippen molar-refractivity contribution in [2.75, 3.05) is 33.2 Å². The van der Waals surface area contributed by atoms with Crippen LogP contribution in [0.15, 0.2) is 29.3 Å². The fraction of sp³-hybridized carbons (Fsp3) is 0.667. The first-order valence-electron chi connectivity index (χ1n) is 9.85. The van der Waals surface area contributed by atoms with Crippen molar-refractivity contribution in [3.8, 4) is 5.75 Å². The van der Waals surface area contributed by atoms with Crippen LogP contribution < -0.4 is 15.4 Å². The first-order chi connectivity index (χ1) is 12.4. The second kappa shape index (κ2) is 9.81. The van der Waals surface area contributed by atoms with Gasteiger partial charge in [-0.05, 0) is 58.7 Å². The second-order valence-corrected chi connectivity index (χ2v) is 8.03. The zero-order valence-corrected chi connectivity index (χ0v) is 17.1. The van der Waals surface area contributed by atoms with Crippen LogP contribution in [0.5, 0.6) is 5.75 Å². The lowest BCUT2D eigenvalue weighted by molar-refractivity contribution is 0.129. The maximum Gasteiger partial charge on any atom is 0.191 e. The molecular weight excluding hydrogens is 324 g/mol. The van der Waals surface area contributed by atoms with Gasteiger partial charge in [-0.1, -0.05) is 25.1 Å². The predicted octanol–water partition coefficient (Wildman–Crippen LogP) is 3.26. The van der Waals surface area contributed by atoms with Crippen molar-refractivity contribution in [2.24, 2.45) is 10.9 Å². The maximum atomic E-state index is 6.07. The summed E-state index contributed by atoms with van der Waals surface area (Å²) in [7, 11) is 1.83. The van der Waals surface area contributed by atoms with Crippen molar-refractivity contribution in [1.82, 2.24) is 15.5 Å². The van der Waals surface area contributed by atoms with Crippen molar-refractivity contribution in [3.05, 3.63) is 29.8 Å². The van der Waals surface area contributed by atoms with Crippen molar-refractivity contribution in [3.63, 3.8) is 0 Å². The number of benzene rings is 1. The number of hydrogen-bond acceptors (Lipinski definition) is 3. The molecule has 5 heteroatoms. The Morgan fingerprint density at radius 3 is 2.73 bits per heavy atom. The fourth-order valence-corrected chi connectivity index (χ4v) is 3.33. The van der Waals surface area contributed by atoms with Gasteiger partial charge in [0.05, 0.1) is 0 Å². The Balaban J connectivity index is 1.85. The lowest BCUT2D eigenvalue weighted by Gasteiger charge is -2.32. The molecule has 0 aliphatic carbocycles. The highest BCUT2D eigenvalue weighted by molar-refractivity contribution is 5.79. The Morgan fingerprint density at radius 1 is 1.27 bits per heavy atom. The molecule has 146 valence electrons. The van der Waals surface area contributed by atoms with Crippen molar-refractivity contribution < 1.29 is 4.74 Å².